The molecule has 0 unspecified atom stereocenters. The lowest BCUT2D eigenvalue weighted by molar-refractivity contribution is -0.112. The van der Waals surface area contributed by atoms with Crippen LogP contribution in [0.5, 0.6) is 0 Å². The third-order valence-electron chi connectivity index (χ3n) is 2.10. The van der Waals surface area contributed by atoms with E-state index in [1.165, 1.54) is 0 Å². The molecule has 0 saturated carbocycles. The molecule has 2 nitrogen and oxygen atoms in total. The maximum absolute atomic E-state index is 11.5. The number of carbonyl (C=O) groups is 1. The fourth-order valence-electron chi connectivity index (χ4n) is 1.46. The standard InChI is InChI=1S/C9H9NOS/c11-9-7(6-12)5-10-4-2-1-3-8(9)10/h1-3,6,12H,4-5H2. The van der Waals surface area contributed by atoms with Crippen LogP contribution in [0.1, 0.15) is 0 Å². The van der Waals surface area contributed by atoms with E-state index in [4.69, 9.17) is 0 Å². The second-order valence-electron chi connectivity index (χ2n) is 2.84. The van der Waals surface area contributed by atoms with Gasteiger partial charge in [0.05, 0.1) is 5.70 Å². The number of hydrogen-bond acceptors (Lipinski definition) is 3. The third kappa shape index (κ3) is 1.01. The normalized spacial score (nSPS) is 24.8. The maximum Gasteiger partial charge on any atom is 0.207 e. The van der Waals surface area contributed by atoms with Crippen molar-refractivity contribution in [3.63, 3.8) is 0 Å². The van der Waals surface area contributed by atoms with Crippen molar-refractivity contribution < 1.29 is 4.79 Å². The Morgan fingerprint density at radius 1 is 1.58 bits per heavy atom. The van der Waals surface area contributed by atoms with Crippen LogP contribution in [0.15, 0.2) is 34.9 Å². The predicted octanol–water partition coefficient (Wildman–Crippen LogP) is 1.14. The van der Waals surface area contributed by atoms with Gasteiger partial charge in [0.25, 0.3) is 0 Å². The summed E-state index contributed by atoms with van der Waals surface area (Å²) in [7, 11) is 0. The van der Waals surface area contributed by atoms with Crippen LogP contribution in [0.4, 0.5) is 0 Å². The van der Waals surface area contributed by atoms with E-state index in [9.17, 15) is 4.79 Å². The zero-order valence-corrected chi connectivity index (χ0v) is 7.42. The highest BCUT2D eigenvalue weighted by molar-refractivity contribution is 7.83. The van der Waals surface area contributed by atoms with Crippen molar-refractivity contribution in [2.75, 3.05) is 13.1 Å². The molecule has 0 N–H and O–H groups in total. The van der Waals surface area contributed by atoms with Crippen LogP contribution >= 0.6 is 12.6 Å². The molecule has 0 bridgehead atoms. The molecule has 0 aromatic carbocycles. The summed E-state index contributed by atoms with van der Waals surface area (Å²) in [5.74, 6) is 0.120. The number of ketones is 1. The van der Waals surface area contributed by atoms with Crippen molar-refractivity contribution in [1.82, 2.24) is 4.90 Å². The smallest absolute Gasteiger partial charge is 0.207 e. The molecule has 0 spiro atoms. The number of Topliss-reactive ketones (excluding diaryl/α,β-unsaturated/α-hetero) is 1. The van der Waals surface area contributed by atoms with Crippen molar-refractivity contribution in [1.29, 1.82) is 0 Å². The first kappa shape index (κ1) is 7.68. The van der Waals surface area contributed by atoms with Crippen molar-refractivity contribution in [3.05, 3.63) is 34.9 Å². The number of fused-ring (bicyclic) bond motifs is 1. The van der Waals surface area contributed by atoms with Gasteiger partial charge in [-0.3, -0.25) is 4.79 Å². The molecule has 1 fully saturated rings. The molecular weight excluding hydrogens is 170 g/mol. The Morgan fingerprint density at radius 2 is 2.42 bits per heavy atom. The molecule has 0 aromatic heterocycles. The van der Waals surface area contributed by atoms with E-state index in [1.54, 1.807) is 5.41 Å². The molecule has 0 amide bonds. The van der Waals surface area contributed by atoms with Gasteiger partial charge in [0.15, 0.2) is 0 Å². The Balaban J connectivity index is 2.37. The lowest BCUT2D eigenvalue weighted by Gasteiger charge is -2.17. The third-order valence-corrected chi connectivity index (χ3v) is 2.41. The number of thiol groups is 1. The van der Waals surface area contributed by atoms with Gasteiger partial charge in [-0.2, -0.15) is 12.6 Å². The molecule has 3 heteroatoms. The first-order valence-electron chi connectivity index (χ1n) is 3.82. The van der Waals surface area contributed by atoms with Gasteiger partial charge in [-0.15, -0.1) is 0 Å². The fraction of sp³-hybridized carbons (Fsp3) is 0.222. The van der Waals surface area contributed by atoms with E-state index < -0.39 is 0 Å². The lowest BCUT2D eigenvalue weighted by atomic mass is 10.2. The number of carbonyl (C=O) groups excluding carboxylic acids is 1. The fourth-order valence-corrected chi connectivity index (χ4v) is 1.66. The summed E-state index contributed by atoms with van der Waals surface area (Å²) in [6.07, 6.45) is 5.82. The van der Waals surface area contributed by atoms with Crippen LogP contribution in [-0.2, 0) is 4.79 Å². The second-order valence-corrected chi connectivity index (χ2v) is 3.10. The lowest BCUT2D eigenvalue weighted by Crippen LogP contribution is -2.20. The van der Waals surface area contributed by atoms with Crippen molar-refractivity contribution >= 4 is 18.4 Å². The highest BCUT2D eigenvalue weighted by Gasteiger charge is 2.29. The van der Waals surface area contributed by atoms with E-state index in [2.05, 4.69) is 12.6 Å². The molecule has 62 valence electrons. The molecule has 1 saturated heterocycles. The summed E-state index contributed by atoms with van der Waals surface area (Å²) in [6, 6.07) is 0. The molecule has 2 aliphatic rings. The Hall–Kier alpha value is -0.960. The first-order chi connectivity index (χ1) is 5.83. The van der Waals surface area contributed by atoms with Crippen LogP contribution in [0.3, 0.4) is 0 Å². The Morgan fingerprint density at radius 3 is 3.08 bits per heavy atom. The van der Waals surface area contributed by atoms with Crippen molar-refractivity contribution in [2.24, 2.45) is 0 Å². The van der Waals surface area contributed by atoms with Crippen LogP contribution in [0.25, 0.3) is 0 Å². The van der Waals surface area contributed by atoms with Gasteiger partial charge in [0.2, 0.25) is 5.78 Å². The first-order valence-corrected chi connectivity index (χ1v) is 4.34. The molecule has 2 rings (SSSR count). The van der Waals surface area contributed by atoms with Gasteiger partial charge in [-0.25, -0.2) is 0 Å². The minimum atomic E-state index is 0.120. The Bertz CT molecular complexity index is 314. The quantitative estimate of drug-likeness (QED) is 0.444. The Kier molecular flexibility index (Phi) is 1.81. The van der Waals surface area contributed by atoms with Gasteiger partial charge >= 0.3 is 0 Å². The minimum Gasteiger partial charge on any atom is -0.360 e. The van der Waals surface area contributed by atoms with Crippen LogP contribution in [0.2, 0.25) is 0 Å². The summed E-state index contributed by atoms with van der Waals surface area (Å²) in [5.41, 5.74) is 1.59. The summed E-state index contributed by atoms with van der Waals surface area (Å²) >= 11 is 4.00. The highest BCUT2D eigenvalue weighted by atomic mass is 32.1. The van der Waals surface area contributed by atoms with E-state index in [0.717, 1.165) is 17.8 Å². The average molecular weight is 179 g/mol. The summed E-state index contributed by atoms with van der Waals surface area (Å²) in [5, 5.41) is 1.60. The maximum atomic E-state index is 11.5. The van der Waals surface area contributed by atoms with E-state index in [1.807, 2.05) is 23.1 Å². The number of allylic oxidation sites excluding steroid dienone is 3. The number of hydrogen-bond donors (Lipinski definition) is 1. The SMILES string of the molecule is O=C1C(=CS)CN2CC=CC=C12. The monoisotopic (exact) mass is 179 g/mol. The van der Waals surface area contributed by atoms with Crippen molar-refractivity contribution in [2.45, 2.75) is 0 Å². The molecular formula is C9H9NOS. The summed E-state index contributed by atoms with van der Waals surface area (Å²) in [6.45, 7) is 1.54. The Labute approximate surface area is 76.7 Å². The van der Waals surface area contributed by atoms with Gasteiger partial charge < -0.3 is 4.90 Å². The molecule has 2 aliphatic heterocycles. The molecule has 0 aromatic rings. The average Bonchev–Trinajstić information content (AvgIpc) is 2.44. The van der Waals surface area contributed by atoms with E-state index in [-0.39, 0.29) is 5.78 Å². The van der Waals surface area contributed by atoms with E-state index >= 15 is 0 Å². The molecule has 2 heterocycles. The minimum absolute atomic E-state index is 0.120. The van der Waals surface area contributed by atoms with Crippen LogP contribution in [-0.4, -0.2) is 23.8 Å². The van der Waals surface area contributed by atoms with Gasteiger partial charge in [0, 0.05) is 18.7 Å². The summed E-state index contributed by atoms with van der Waals surface area (Å²) in [4.78, 5) is 13.6. The van der Waals surface area contributed by atoms with Gasteiger partial charge in [0.1, 0.15) is 0 Å². The molecule has 12 heavy (non-hydrogen) atoms. The zero-order chi connectivity index (χ0) is 8.55. The van der Waals surface area contributed by atoms with Crippen LogP contribution < -0.4 is 0 Å². The van der Waals surface area contributed by atoms with Gasteiger partial charge in [-0.1, -0.05) is 12.2 Å². The topological polar surface area (TPSA) is 20.3 Å². The zero-order valence-electron chi connectivity index (χ0n) is 6.53. The van der Waals surface area contributed by atoms with Crippen molar-refractivity contribution in [3.8, 4) is 0 Å². The molecule has 0 aliphatic carbocycles. The molecule has 0 atom stereocenters. The largest absolute Gasteiger partial charge is 0.360 e. The van der Waals surface area contributed by atoms with E-state index in [0.29, 0.717) is 6.54 Å². The number of rotatable bonds is 0. The highest BCUT2D eigenvalue weighted by Crippen LogP contribution is 2.24. The molecule has 0 radical (unpaired) electrons. The summed E-state index contributed by atoms with van der Waals surface area (Å²) < 4.78 is 0. The van der Waals surface area contributed by atoms with Crippen LogP contribution in [0, 0.1) is 0 Å². The number of nitrogens with zero attached hydrogens (tertiary/aromatic N) is 1. The van der Waals surface area contributed by atoms with Gasteiger partial charge in [-0.05, 0) is 11.5 Å². The predicted molar refractivity (Wildman–Crippen MR) is 50.9 cm³/mol. The second kappa shape index (κ2) is 2.83.